The molecule has 0 saturated heterocycles. The Balaban J connectivity index is 2.75. The van der Waals surface area contributed by atoms with E-state index < -0.39 is 0 Å². The molecule has 4 nitrogen and oxygen atoms in total. The Bertz CT molecular complexity index is 167. The topological polar surface area (TPSA) is 60.2 Å². The van der Waals surface area contributed by atoms with Gasteiger partial charge in [0.25, 0.3) is 0 Å². The summed E-state index contributed by atoms with van der Waals surface area (Å²) in [5, 5.41) is 15.3. The van der Waals surface area contributed by atoms with Crippen molar-refractivity contribution < 1.29 is 4.84 Å². The molecule has 0 atom stereocenters. The van der Waals surface area contributed by atoms with E-state index in [4.69, 9.17) is 10.8 Å². The van der Waals surface area contributed by atoms with Crippen molar-refractivity contribution >= 4 is 11.7 Å². The fourth-order valence-corrected chi connectivity index (χ4v) is 0.620. The van der Waals surface area contributed by atoms with E-state index in [0.717, 1.165) is 5.06 Å². The van der Waals surface area contributed by atoms with E-state index in [1.54, 1.807) is 0 Å². The van der Waals surface area contributed by atoms with E-state index in [9.17, 15) is 0 Å². The number of nitrogens with one attached hydrogen (secondary N) is 2. The first-order valence-electron chi connectivity index (χ1n) is 2.45. The summed E-state index contributed by atoms with van der Waals surface area (Å²) in [4.78, 5) is 4.66. The molecule has 0 aromatic carbocycles. The van der Waals surface area contributed by atoms with Crippen LogP contribution >= 0.6 is 0 Å². The van der Waals surface area contributed by atoms with Gasteiger partial charge >= 0.3 is 0 Å². The summed E-state index contributed by atoms with van der Waals surface area (Å²) < 4.78 is 0. The lowest BCUT2D eigenvalue weighted by Gasteiger charge is -2.12. The maximum absolute atomic E-state index is 7.11. The molecule has 48 valence electrons. The highest BCUT2D eigenvalue weighted by atomic mass is 16.7. The highest BCUT2D eigenvalue weighted by Gasteiger charge is 2.15. The first kappa shape index (κ1) is 5.97. The van der Waals surface area contributed by atoms with Crippen LogP contribution in [0.5, 0.6) is 0 Å². The quantitative estimate of drug-likeness (QED) is 0.532. The van der Waals surface area contributed by atoms with Crippen molar-refractivity contribution in [2.75, 3.05) is 7.11 Å². The molecule has 0 aromatic heterocycles. The second-order valence-electron chi connectivity index (χ2n) is 1.58. The Morgan fingerprint density at radius 2 is 1.78 bits per heavy atom. The van der Waals surface area contributed by atoms with Gasteiger partial charge in [0.2, 0.25) is 0 Å². The number of amidine groups is 2. The highest BCUT2D eigenvalue weighted by Crippen LogP contribution is 2.02. The van der Waals surface area contributed by atoms with Crippen LogP contribution in [0.4, 0.5) is 0 Å². The third kappa shape index (κ3) is 0.837. The Morgan fingerprint density at radius 3 is 2.00 bits per heavy atom. The minimum atomic E-state index is 0.197. The van der Waals surface area contributed by atoms with Crippen molar-refractivity contribution in [2.24, 2.45) is 0 Å². The predicted octanol–water partition coefficient (Wildman–Crippen LogP) is 0.374. The second kappa shape index (κ2) is 1.99. The predicted molar refractivity (Wildman–Crippen MR) is 33.4 cm³/mol. The zero-order chi connectivity index (χ0) is 6.85. The maximum atomic E-state index is 7.11. The van der Waals surface area contributed by atoms with Crippen LogP contribution in [0.2, 0.25) is 0 Å². The Hall–Kier alpha value is -1.16. The van der Waals surface area contributed by atoms with Crippen molar-refractivity contribution in [3.63, 3.8) is 0 Å². The molecule has 9 heavy (non-hydrogen) atoms. The first-order chi connectivity index (χ1) is 4.25. The van der Waals surface area contributed by atoms with E-state index >= 15 is 0 Å². The van der Waals surface area contributed by atoms with Crippen LogP contribution in [0.15, 0.2) is 12.2 Å². The van der Waals surface area contributed by atoms with Crippen molar-refractivity contribution in [3.8, 4) is 0 Å². The number of hydrogen-bond acceptors (Lipinski definition) is 3. The van der Waals surface area contributed by atoms with Gasteiger partial charge in [0.1, 0.15) is 0 Å². The van der Waals surface area contributed by atoms with Gasteiger partial charge in [0.15, 0.2) is 11.7 Å². The largest absolute Gasteiger partial charge is 0.282 e. The number of hydroxylamine groups is 2. The van der Waals surface area contributed by atoms with Crippen molar-refractivity contribution in [2.45, 2.75) is 0 Å². The summed E-state index contributed by atoms with van der Waals surface area (Å²) in [6, 6.07) is 0. The number of nitrogens with zero attached hydrogens (tertiary/aromatic N) is 1. The maximum Gasteiger partial charge on any atom is 0.152 e. The Labute approximate surface area is 52.7 Å². The molecule has 1 rings (SSSR count). The van der Waals surface area contributed by atoms with Gasteiger partial charge in [-0.15, -0.1) is 0 Å². The normalized spacial score (nSPS) is 17.7. The van der Waals surface area contributed by atoms with Crippen molar-refractivity contribution in [1.82, 2.24) is 5.06 Å². The van der Waals surface area contributed by atoms with Crippen LogP contribution in [-0.2, 0) is 4.84 Å². The Kier molecular flexibility index (Phi) is 1.32. The highest BCUT2D eigenvalue weighted by molar-refractivity contribution is 6.14. The number of rotatable bonds is 1. The third-order valence-corrected chi connectivity index (χ3v) is 1.02. The number of hydrogen-bond donors (Lipinski definition) is 2. The fraction of sp³-hybridized carbons (Fsp3) is 0.200. The summed E-state index contributed by atoms with van der Waals surface area (Å²) in [7, 11) is 1.43. The zero-order valence-corrected chi connectivity index (χ0v) is 5.01. The molecule has 0 amide bonds. The summed E-state index contributed by atoms with van der Waals surface area (Å²) in [5.41, 5.74) is 0. The molecule has 0 aromatic rings. The van der Waals surface area contributed by atoms with E-state index in [1.165, 1.54) is 19.3 Å². The van der Waals surface area contributed by atoms with Crippen LogP contribution in [-0.4, -0.2) is 23.8 Å². The first-order valence-corrected chi connectivity index (χ1v) is 2.45. The molecular weight excluding hydrogens is 118 g/mol. The van der Waals surface area contributed by atoms with Gasteiger partial charge in [-0.1, -0.05) is 0 Å². The molecule has 1 heterocycles. The van der Waals surface area contributed by atoms with E-state index in [0.29, 0.717) is 0 Å². The van der Waals surface area contributed by atoms with Gasteiger partial charge < -0.3 is 0 Å². The van der Waals surface area contributed by atoms with Gasteiger partial charge in [-0.05, 0) is 12.2 Å². The molecule has 0 bridgehead atoms. The monoisotopic (exact) mass is 125 g/mol. The summed E-state index contributed by atoms with van der Waals surface area (Å²) in [6.07, 6.45) is 3.01. The van der Waals surface area contributed by atoms with E-state index in [1.807, 2.05) is 0 Å². The van der Waals surface area contributed by atoms with Gasteiger partial charge in [0.05, 0.1) is 7.11 Å². The van der Waals surface area contributed by atoms with Crippen LogP contribution in [0.3, 0.4) is 0 Å². The molecule has 1 aliphatic heterocycles. The third-order valence-electron chi connectivity index (χ3n) is 1.02. The van der Waals surface area contributed by atoms with Crippen LogP contribution in [0, 0.1) is 10.8 Å². The molecular formula is C5H7N3O. The van der Waals surface area contributed by atoms with Crippen molar-refractivity contribution in [3.05, 3.63) is 12.2 Å². The zero-order valence-electron chi connectivity index (χ0n) is 5.01. The molecule has 4 heteroatoms. The fourth-order valence-electron chi connectivity index (χ4n) is 0.620. The molecule has 0 fully saturated rings. The Morgan fingerprint density at radius 1 is 1.33 bits per heavy atom. The molecule has 1 aliphatic rings. The van der Waals surface area contributed by atoms with Crippen molar-refractivity contribution in [1.29, 1.82) is 10.8 Å². The minimum Gasteiger partial charge on any atom is -0.282 e. The van der Waals surface area contributed by atoms with Crippen LogP contribution in [0.1, 0.15) is 0 Å². The van der Waals surface area contributed by atoms with Gasteiger partial charge in [0, 0.05) is 0 Å². The lowest BCUT2D eigenvalue weighted by Crippen LogP contribution is -2.27. The summed E-state index contributed by atoms with van der Waals surface area (Å²) in [5.74, 6) is 0.394. The van der Waals surface area contributed by atoms with Crippen LogP contribution < -0.4 is 0 Å². The van der Waals surface area contributed by atoms with E-state index in [-0.39, 0.29) is 11.7 Å². The van der Waals surface area contributed by atoms with Gasteiger partial charge in [-0.2, -0.15) is 5.06 Å². The minimum absolute atomic E-state index is 0.197. The summed E-state index contributed by atoms with van der Waals surface area (Å²) in [6.45, 7) is 0. The molecule has 0 aliphatic carbocycles. The van der Waals surface area contributed by atoms with Crippen LogP contribution in [0.25, 0.3) is 0 Å². The standard InChI is InChI=1S/C5H7N3O/c1-9-8-4(6)2-3-5(8)7/h2-3,6-7H,1H3. The molecule has 0 spiro atoms. The average Bonchev–Trinajstić information content (AvgIpc) is 2.12. The lowest BCUT2D eigenvalue weighted by atomic mass is 10.5. The summed E-state index contributed by atoms with van der Waals surface area (Å²) >= 11 is 0. The molecule has 0 saturated carbocycles. The van der Waals surface area contributed by atoms with Gasteiger partial charge in [-0.25, -0.2) is 0 Å². The molecule has 2 N–H and O–H groups in total. The lowest BCUT2D eigenvalue weighted by molar-refractivity contribution is 0.00288. The van der Waals surface area contributed by atoms with E-state index in [2.05, 4.69) is 4.84 Å². The second-order valence-corrected chi connectivity index (χ2v) is 1.58. The SMILES string of the molecule is CON1C(=N)C=CC1=N. The molecule has 0 unspecified atom stereocenters. The molecule has 0 radical (unpaired) electrons. The smallest absolute Gasteiger partial charge is 0.152 e. The van der Waals surface area contributed by atoms with Gasteiger partial charge in [-0.3, -0.25) is 15.7 Å². The average molecular weight is 125 g/mol.